The SMILES string of the molecule is NNc1ccc(CSc2ccccc2Cl)cc1[N+](=O)[O-]. The molecule has 0 unspecified atom stereocenters. The van der Waals surface area contributed by atoms with Crippen molar-refractivity contribution in [2.75, 3.05) is 5.43 Å². The number of hydrogen-bond donors (Lipinski definition) is 2. The van der Waals surface area contributed by atoms with Crippen LogP contribution in [0.4, 0.5) is 11.4 Å². The molecule has 3 N–H and O–H groups in total. The zero-order valence-corrected chi connectivity index (χ0v) is 11.9. The molecule has 104 valence electrons. The molecule has 0 bridgehead atoms. The topological polar surface area (TPSA) is 81.2 Å². The van der Waals surface area contributed by atoms with Crippen LogP contribution >= 0.6 is 23.4 Å². The van der Waals surface area contributed by atoms with Gasteiger partial charge in [0, 0.05) is 16.7 Å². The monoisotopic (exact) mass is 309 g/mol. The maximum absolute atomic E-state index is 10.9. The number of nitro benzene ring substituents is 1. The first-order valence-electron chi connectivity index (χ1n) is 5.73. The van der Waals surface area contributed by atoms with E-state index in [9.17, 15) is 10.1 Å². The molecule has 0 heterocycles. The Bertz CT molecular complexity index is 637. The maximum Gasteiger partial charge on any atom is 0.293 e. The van der Waals surface area contributed by atoms with Gasteiger partial charge in [-0.05, 0) is 23.8 Å². The summed E-state index contributed by atoms with van der Waals surface area (Å²) < 4.78 is 0. The van der Waals surface area contributed by atoms with E-state index in [1.165, 1.54) is 17.8 Å². The number of hydrazine groups is 1. The Morgan fingerprint density at radius 1 is 1.30 bits per heavy atom. The van der Waals surface area contributed by atoms with E-state index in [1.807, 2.05) is 24.3 Å². The molecule has 0 fully saturated rings. The Morgan fingerprint density at radius 2 is 2.05 bits per heavy atom. The Morgan fingerprint density at radius 3 is 2.70 bits per heavy atom. The third kappa shape index (κ3) is 3.41. The second-order valence-electron chi connectivity index (χ2n) is 3.97. The molecule has 0 amide bonds. The standard InChI is InChI=1S/C13H12ClN3O2S/c14-10-3-1-2-4-13(10)20-8-9-5-6-11(16-15)12(7-9)17(18)19/h1-7,16H,8,15H2. The number of nitrogens with two attached hydrogens (primary N) is 1. The highest BCUT2D eigenvalue weighted by atomic mass is 35.5. The fraction of sp³-hybridized carbons (Fsp3) is 0.0769. The average Bonchev–Trinajstić information content (AvgIpc) is 2.46. The number of anilines is 1. The van der Waals surface area contributed by atoms with Gasteiger partial charge in [0.25, 0.3) is 5.69 Å². The zero-order valence-electron chi connectivity index (χ0n) is 10.4. The third-order valence-corrected chi connectivity index (χ3v) is 4.23. The largest absolute Gasteiger partial charge is 0.318 e. The summed E-state index contributed by atoms with van der Waals surface area (Å²) in [5.74, 6) is 5.84. The van der Waals surface area contributed by atoms with Gasteiger partial charge in [-0.2, -0.15) is 0 Å². The highest BCUT2D eigenvalue weighted by molar-refractivity contribution is 7.98. The van der Waals surface area contributed by atoms with Gasteiger partial charge in [0.2, 0.25) is 0 Å². The number of hydrogen-bond acceptors (Lipinski definition) is 5. The Kier molecular flexibility index (Phi) is 4.84. The van der Waals surface area contributed by atoms with Gasteiger partial charge in [-0.1, -0.05) is 29.8 Å². The van der Waals surface area contributed by atoms with Gasteiger partial charge in [0.1, 0.15) is 5.69 Å². The lowest BCUT2D eigenvalue weighted by Crippen LogP contribution is -2.09. The Balaban J connectivity index is 2.16. The predicted octanol–water partition coefficient (Wildman–Crippen LogP) is 3.83. The van der Waals surface area contributed by atoms with Crippen LogP contribution in [-0.2, 0) is 5.75 Å². The van der Waals surface area contributed by atoms with E-state index in [1.54, 1.807) is 12.1 Å². The summed E-state index contributed by atoms with van der Waals surface area (Å²) in [5.41, 5.74) is 3.41. The van der Waals surface area contributed by atoms with Crippen LogP contribution in [-0.4, -0.2) is 4.92 Å². The molecule has 0 aliphatic rings. The Labute approximate surface area is 125 Å². The van der Waals surface area contributed by atoms with Crippen LogP contribution < -0.4 is 11.3 Å². The van der Waals surface area contributed by atoms with Gasteiger partial charge in [-0.3, -0.25) is 16.0 Å². The zero-order chi connectivity index (χ0) is 14.5. The second-order valence-corrected chi connectivity index (χ2v) is 5.40. The van der Waals surface area contributed by atoms with Crippen LogP contribution in [0.3, 0.4) is 0 Å². The molecule has 0 spiro atoms. The molecule has 0 radical (unpaired) electrons. The van der Waals surface area contributed by atoms with Crippen molar-refractivity contribution in [3.63, 3.8) is 0 Å². The molecule has 0 aliphatic heterocycles. The van der Waals surface area contributed by atoms with Gasteiger partial charge in [0.05, 0.1) is 9.95 Å². The van der Waals surface area contributed by atoms with Gasteiger partial charge in [-0.15, -0.1) is 11.8 Å². The Hall–Kier alpha value is -1.76. The lowest BCUT2D eigenvalue weighted by atomic mass is 10.2. The van der Waals surface area contributed by atoms with Crippen LogP contribution in [0.1, 0.15) is 5.56 Å². The van der Waals surface area contributed by atoms with Gasteiger partial charge in [0.15, 0.2) is 0 Å². The van der Waals surface area contributed by atoms with Crippen molar-refractivity contribution in [2.45, 2.75) is 10.6 Å². The number of nitrogens with one attached hydrogen (secondary N) is 1. The summed E-state index contributed by atoms with van der Waals surface area (Å²) >= 11 is 7.59. The molecule has 7 heteroatoms. The van der Waals surface area contributed by atoms with E-state index in [2.05, 4.69) is 5.43 Å². The third-order valence-electron chi connectivity index (χ3n) is 2.65. The second kappa shape index (κ2) is 6.60. The van der Waals surface area contributed by atoms with Crippen molar-refractivity contribution in [3.05, 3.63) is 63.2 Å². The number of rotatable bonds is 5. The fourth-order valence-corrected chi connectivity index (χ4v) is 2.84. The van der Waals surface area contributed by atoms with Crippen molar-refractivity contribution in [3.8, 4) is 0 Å². The van der Waals surface area contributed by atoms with Gasteiger partial charge < -0.3 is 5.43 Å². The number of nitro groups is 1. The fourth-order valence-electron chi connectivity index (χ4n) is 1.66. The summed E-state index contributed by atoms with van der Waals surface area (Å²) in [6, 6.07) is 12.4. The van der Waals surface area contributed by atoms with E-state index >= 15 is 0 Å². The highest BCUT2D eigenvalue weighted by Crippen LogP contribution is 2.31. The van der Waals surface area contributed by atoms with E-state index in [4.69, 9.17) is 17.4 Å². The van der Waals surface area contributed by atoms with Gasteiger partial charge >= 0.3 is 0 Å². The van der Waals surface area contributed by atoms with Crippen molar-refractivity contribution in [1.29, 1.82) is 0 Å². The highest BCUT2D eigenvalue weighted by Gasteiger charge is 2.13. The summed E-state index contributed by atoms with van der Waals surface area (Å²) in [7, 11) is 0. The number of thioether (sulfide) groups is 1. The minimum atomic E-state index is -0.459. The minimum Gasteiger partial charge on any atom is -0.318 e. The normalized spacial score (nSPS) is 10.3. The summed E-state index contributed by atoms with van der Waals surface area (Å²) in [6.45, 7) is 0. The van der Waals surface area contributed by atoms with Crippen LogP contribution in [0.2, 0.25) is 5.02 Å². The first-order valence-corrected chi connectivity index (χ1v) is 7.09. The maximum atomic E-state index is 10.9. The molecule has 2 rings (SSSR count). The smallest absolute Gasteiger partial charge is 0.293 e. The molecule has 0 saturated heterocycles. The molecule has 2 aromatic rings. The molecular formula is C13H12ClN3O2S. The average molecular weight is 310 g/mol. The van der Waals surface area contributed by atoms with Crippen LogP contribution in [0.5, 0.6) is 0 Å². The van der Waals surface area contributed by atoms with E-state index in [-0.39, 0.29) is 5.69 Å². The lowest BCUT2D eigenvalue weighted by Gasteiger charge is -2.06. The van der Waals surface area contributed by atoms with Gasteiger partial charge in [-0.25, -0.2) is 0 Å². The molecule has 0 aliphatic carbocycles. The number of halogens is 1. The van der Waals surface area contributed by atoms with Crippen molar-refractivity contribution >= 4 is 34.7 Å². The first kappa shape index (κ1) is 14.6. The first-order chi connectivity index (χ1) is 9.61. The summed E-state index contributed by atoms with van der Waals surface area (Å²) in [6.07, 6.45) is 0. The molecule has 0 saturated carbocycles. The molecule has 0 aromatic heterocycles. The van der Waals surface area contributed by atoms with E-state index < -0.39 is 4.92 Å². The minimum absolute atomic E-state index is 0.0373. The lowest BCUT2D eigenvalue weighted by molar-refractivity contribution is -0.384. The number of nitrogen functional groups attached to an aromatic ring is 1. The quantitative estimate of drug-likeness (QED) is 0.380. The predicted molar refractivity (Wildman–Crippen MR) is 81.9 cm³/mol. The van der Waals surface area contributed by atoms with E-state index in [0.29, 0.717) is 16.5 Å². The summed E-state index contributed by atoms with van der Waals surface area (Å²) in [5, 5.41) is 11.6. The molecule has 5 nitrogen and oxygen atoms in total. The number of benzene rings is 2. The van der Waals surface area contributed by atoms with Crippen LogP contribution in [0.25, 0.3) is 0 Å². The van der Waals surface area contributed by atoms with Crippen molar-refractivity contribution in [1.82, 2.24) is 0 Å². The molecular weight excluding hydrogens is 298 g/mol. The molecule has 2 aromatic carbocycles. The number of nitrogens with zero attached hydrogens (tertiary/aromatic N) is 1. The van der Waals surface area contributed by atoms with E-state index in [0.717, 1.165) is 10.5 Å². The van der Waals surface area contributed by atoms with Crippen LogP contribution in [0, 0.1) is 10.1 Å². The molecule has 20 heavy (non-hydrogen) atoms. The van der Waals surface area contributed by atoms with Crippen LogP contribution in [0.15, 0.2) is 47.4 Å². The summed E-state index contributed by atoms with van der Waals surface area (Å²) in [4.78, 5) is 11.4. The molecule has 0 atom stereocenters. The van der Waals surface area contributed by atoms with Crippen molar-refractivity contribution < 1.29 is 4.92 Å². The van der Waals surface area contributed by atoms with Crippen molar-refractivity contribution in [2.24, 2.45) is 5.84 Å².